The van der Waals surface area contributed by atoms with Crippen LogP contribution in [0.4, 0.5) is 0 Å². The number of allylic oxidation sites excluding steroid dienone is 18. The first kappa shape index (κ1) is 67.1. The van der Waals surface area contributed by atoms with Crippen LogP contribution in [0.2, 0.25) is 0 Å². The Hall–Kier alpha value is -3.93. The topological polar surface area (TPSA) is 78.9 Å². The van der Waals surface area contributed by atoms with E-state index in [-0.39, 0.29) is 31.1 Å². The van der Waals surface area contributed by atoms with Crippen LogP contribution in [-0.4, -0.2) is 37.2 Å². The predicted octanol–water partition coefficient (Wildman–Crippen LogP) is 19.9. The number of hydrogen-bond acceptors (Lipinski definition) is 6. The van der Waals surface area contributed by atoms with E-state index < -0.39 is 6.10 Å². The zero-order valence-electron chi connectivity index (χ0n) is 46.2. The molecule has 0 bridgehead atoms. The minimum atomic E-state index is -0.786. The number of hydrogen-bond donors (Lipinski definition) is 0. The van der Waals surface area contributed by atoms with Gasteiger partial charge in [-0.3, -0.25) is 14.4 Å². The van der Waals surface area contributed by atoms with Gasteiger partial charge in [0.15, 0.2) is 6.10 Å². The highest BCUT2D eigenvalue weighted by molar-refractivity contribution is 5.71. The van der Waals surface area contributed by atoms with Gasteiger partial charge in [0.25, 0.3) is 0 Å². The molecule has 1 atom stereocenters. The van der Waals surface area contributed by atoms with E-state index in [4.69, 9.17) is 14.2 Å². The molecular weight excluding hydrogens is 877 g/mol. The van der Waals surface area contributed by atoms with Crippen LogP contribution in [0, 0.1) is 0 Å². The summed E-state index contributed by atoms with van der Waals surface area (Å²) < 4.78 is 16.8. The first-order valence-electron chi connectivity index (χ1n) is 29.4. The van der Waals surface area contributed by atoms with Gasteiger partial charge in [-0.15, -0.1) is 0 Å². The van der Waals surface area contributed by atoms with Crippen molar-refractivity contribution >= 4 is 17.9 Å². The quantitative estimate of drug-likeness (QED) is 0.0261. The summed E-state index contributed by atoms with van der Waals surface area (Å²) in [6.45, 7) is 6.46. The third-order valence-electron chi connectivity index (χ3n) is 12.3. The van der Waals surface area contributed by atoms with Crippen molar-refractivity contribution in [2.75, 3.05) is 13.2 Å². The summed E-state index contributed by atoms with van der Waals surface area (Å²) in [6.07, 6.45) is 79.6. The molecule has 0 aromatic heterocycles. The molecule has 0 saturated heterocycles. The average molecular weight is 986 g/mol. The third-order valence-corrected chi connectivity index (χ3v) is 12.3. The van der Waals surface area contributed by atoms with Crippen LogP contribution < -0.4 is 0 Å². The number of ether oxygens (including phenoxy) is 3. The van der Waals surface area contributed by atoms with Crippen LogP contribution in [0.25, 0.3) is 0 Å². The Morgan fingerprint density at radius 3 is 0.873 bits per heavy atom. The van der Waals surface area contributed by atoms with Crippen molar-refractivity contribution in [1.82, 2.24) is 0 Å². The van der Waals surface area contributed by atoms with Crippen molar-refractivity contribution in [3.8, 4) is 0 Å². The molecule has 0 aromatic rings. The molecule has 0 saturated carbocycles. The Balaban J connectivity index is 4.19. The Labute approximate surface area is 438 Å². The highest BCUT2D eigenvalue weighted by Crippen LogP contribution is 2.14. The highest BCUT2D eigenvalue weighted by Gasteiger charge is 2.19. The van der Waals surface area contributed by atoms with E-state index in [1.807, 2.05) is 0 Å². The lowest BCUT2D eigenvalue weighted by atomic mass is 10.1. The molecule has 0 heterocycles. The molecule has 71 heavy (non-hydrogen) atoms. The SMILES string of the molecule is CC/C=C\C/C=C\C/C=C\C/C=C\C/C=C\C/C=C\C/C=C\C/C=C\CCCCCCCCC(=O)OCC(COC(=O)CCCCCCCCC)OC(=O)CCCCCCC/C=C\CCCCCCCC. The number of carbonyl (C=O) groups excluding carboxylic acids is 3. The lowest BCUT2D eigenvalue weighted by Gasteiger charge is -2.18. The average Bonchev–Trinajstić information content (AvgIpc) is 3.37. The second-order valence-electron chi connectivity index (χ2n) is 19.2. The van der Waals surface area contributed by atoms with E-state index >= 15 is 0 Å². The second kappa shape index (κ2) is 58.6. The number of unbranched alkanes of at least 4 members (excludes halogenated alkanes) is 23. The Kier molecular flexibility index (Phi) is 55.4. The van der Waals surface area contributed by atoms with Crippen LogP contribution in [0.15, 0.2) is 109 Å². The lowest BCUT2D eigenvalue weighted by molar-refractivity contribution is -0.167. The van der Waals surface area contributed by atoms with Crippen LogP contribution in [0.1, 0.15) is 265 Å². The van der Waals surface area contributed by atoms with E-state index in [9.17, 15) is 14.4 Å². The third kappa shape index (κ3) is 56.9. The molecule has 0 aliphatic rings. The zero-order chi connectivity index (χ0) is 51.4. The predicted molar refractivity (Wildman–Crippen MR) is 307 cm³/mol. The molecule has 6 heteroatoms. The number of rotatable bonds is 52. The monoisotopic (exact) mass is 985 g/mol. The summed E-state index contributed by atoms with van der Waals surface area (Å²) in [7, 11) is 0. The van der Waals surface area contributed by atoms with Crippen molar-refractivity contribution in [2.24, 2.45) is 0 Å². The van der Waals surface area contributed by atoms with E-state index in [1.54, 1.807) is 0 Å². The molecule has 0 N–H and O–H groups in total. The van der Waals surface area contributed by atoms with Gasteiger partial charge in [0.1, 0.15) is 13.2 Å². The molecule has 0 aromatic carbocycles. The molecule has 1 unspecified atom stereocenters. The van der Waals surface area contributed by atoms with Gasteiger partial charge >= 0.3 is 17.9 Å². The van der Waals surface area contributed by atoms with E-state index in [1.165, 1.54) is 89.9 Å². The van der Waals surface area contributed by atoms with Gasteiger partial charge in [0, 0.05) is 19.3 Å². The molecule has 0 rings (SSSR count). The van der Waals surface area contributed by atoms with Crippen molar-refractivity contribution < 1.29 is 28.6 Å². The normalized spacial score (nSPS) is 12.9. The number of carbonyl (C=O) groups is 3. The smallest absolute Gasteiger partial charge is 0.306 e. The summed E-state index contributed by atoms with van der Waals surface area (Å²) in [5.41, 5.74) is 0. The van der Waals surface area contributed by atoms with Crippen LogP contribution >= 0.6 is 0 Å². The maximum atomic E-state index is 12.8. The zero-order valence-corrected chi connectivity index (χ0v) is 46.2. The summed E-state index contributed by atoms with van der Waals surface area (Å²) in [6, 6.07) is 0. The Bertz CT molecular complexity index is 1460. The first-order valence-corrected chi connectivity index (χ1v) is 29.4. The Morgan fingerprint density at radius 1 is 0.296 bits per heavy atom. The van der Waals surface area contributed by atoms with Crippen molar-refractivity contribution in [3.63, 3.8) is 0 Å². The molecule has 0 spiro atoms. The molecule has 0 amide bonds. The molecule has 0 aliphatic heterocycles. The summed E-state index contributed by atoms with van der Waals surface area (Å²) in [4.78, 5) is 37.9. The largest absolute Gasteiger partial charge is 0.462 e. The molecule has 0 radical (unpaired) electrons. The second-order valence-corrected chi connectivity index (χ2v) is 19.2. The molecule has 6 nitrogen and oxygen atoms in total. The van der Waals surface area contributed by atoms with E-state index in [0.29, 0.717) is 19.3 Å². The van der Waals surface area contributed by atoms with Gasteiger partial charge in [-0.25, -0.2) is 0 Å². The van der Waals surface area contributed by atoms with Crippen LogP contribution in [0.3, 0.4) is 0 Å². The molecular formula is C65H108O6. The van der Waals surface area contributed by atoms with E-state index in [0.717, 1.165) is 135 Å². The van der Waals surface area contributed by atoms with Crippen molar-refractivity contribution in [3.05, 3.63) is 109 Å². The van der Waals surface area contributed by atoms with Crippen molar-refractivity contribution in [1.29, 1.82) is 0 Å². The maximum absolute atomic E-state index is 12.8. The van der Waals surface area contributed by atoms with Gasteiger partial charge in [-0.2, -0.15) is 0 Å². The fraction of sp³-hybridized carbons (Fsp3) is 0.677. The Morgan fingerprint density at radius 2 is 0.549 bits per heavy atom. The maximum Gasteiger partial charge on any atom is 0.306 e. The fourth-order valence-corrected chi connectivity index (χ4v) is 7.86. The molecule has 0 fully saturated rings. The molecule has 0 aliphatic carbocycles. The van der Waals surface area contributed by atoms with Crippen molar-refractivity contribution in [2.45, 2.75) is 271 Å². The summed E-state index contributed by atoms with van der Waals surface area (Å²) in [5.74, 6) is -0.916. The summed E-state index contributed by atoms with van der Waals surface area (Å²) >= 11 is 0. The van der Waals surface area contributed by atoms with Crippen LogP contribution in [-0.2, 0) is 28.6 Å². The van der Waals surface area contributed by atoms with E-state index in [2.05, 4.69) is 130 Å². The van der Waals surface area contributed by atoms with Gasteiger partial charge in [0.05, 0.1) is 0 Å². The lowest BCUT2D eigenvalue weighted by Crippen LogP contribution is -2.30. The molecule has 404 valence electrons. The highest BCUT2D eigenvalue weighted by atomic mass is 16.6. The standard InChI is InChI=1S/C65H108O6/c1-4-7-10-13-16-18-20-22-24-25-26-27-28-29-30-31-32-33-34-35-36-37-38-39-41-42-44-46-49-52-55-58-64(67)70-61-62(60-69-63(66)57-54-51-48-15-12-9-6-3)71-65(68)59-56-53-50-47-45-43-40-23-21-19-17-14-11-8-5-2/h7,10,16,18,22-24,26-27,29-30,32-33,35-36,38-40,62H,4-6,8-9,11-15,17,19-21,25,28,31,34,37,41-61H2,1-3H3/b10-7-,18-16-,24-22-,27-26-,30-29-,33-32-,36-35-,39-38-,40-23-. The van der Waals surface area contributed by atoms with Crippen LogP contribution in [0.5, 0.6) is 0 Å². The minimum Gasteiger partial charge on any atom is -0.462 e. The van der Waals surface area contributed by atoms with Gasteiger partial charge in [-0.1, -0.05) is 246 Å². The summed E-state index contributed by atoms with van der Waals surface area (Å²) in [5, 5.41) is 0. The fourth-order valence-electron chi connectivity index (χ4n) is 7.86. The van der Waals surface area contributed by atoms with Gasteiger partial charge < -0.3 is 14.2 Å². The number of esters is 3. The first-order chi connectivity index (χ1) is 35.0. The van der Waals surface area contributed by atoms with Gasteiger partial charge in [-0.05, 0) is 109 Å². The van der Waals surface area contributed by atoms with Gasteiger partial charge in [0.2, 0.25) is 0 Å². The minimum absolute atomic E-state index is 0.0856.